The molecule has 1 aliphatic heterocycles. The van der Waals surface area contributed by atoms with Gasteiger partial charge in [0.05, 0.1) is 9.58 Å². The van der Waals surface area contributed by atoms with Crippen LogP contribution in [0.5, 0.6) is 0 Å². The summed E-state index contributed by atoms with van der Waals surface area (Å²) >= 11 is 1.47. The number of aromatic nitrogens is 1. The van der Waals surface area contributed by atoms with Crippen LogP contribution in [0.25, 0.3) is 10.1 Å². The Kier molecular flexibility index (Phi) is 4.58. The fourth-order valence-electron chi connectivity index (χ4n) is 3.99. The molecule has 2 amide bonds. The van der Waals surface area contributed by atoms with Crippen molar-refractivity contribution in [2.24, 2.45) is 17.8 Å². The Labute approximate surface area is 162 Å². The average Bonchev–Trinajstić information content (AvgIpc) is 3.00. The number of carbonyl (C=O) groups excluding carboxylic acids is 2. The summed E-state index contributed by atoms with van der Waals surface area (Å²) in [6.07, 6.45) is 4.29. The third-order valence-corrected chi connectivity index (χ3v) is 6.42. The molecule has 0 radical (unpaired) electrons. The highest BCUT2D eigenvalue weighted by Crippen LogP contribution is 2.53. The SMILES string of the molecule is CC(C)(C)OC(=O)N1C[C@@H]2C(CCNC(=O)c3cc4ccncc4s3)[C@@H]2C1. The normalized spacial score (nSPS) is 24.0. The molecule has 1 saturated carbocycles. The molecular formula is C20H25N3O3S. The van der Waals surface area contributed by atoms with E-state index in [0.29, 0.717) is 24.3 Å². The molecule has 1 unspecified atom stereocenters. The summed E-state index contributed by atoms with van der Waals surface area (Å²) < 4.78 is 6.47. The molecule has 27 heavy (non-hydrogen) atoms. The van der Waals surface area contributed by atoms with Crippen molar-refractivity contribution < 1.29 is 14.3 Å². The number of piperidine rings is 1. The lowest BCUT2D eigenvalue weighted by Gasteiger charge is -2.25. The van der Waals surface area contributed by atoms with E-state index in [2.05, 4.69) is 10.3 Å². The quantitative estimate of drug-likeness (QED) is 0.871. The lowest BCUT2D eigenvalue weighted by Crippen LogP contribution is -2.37. The van der Waals surface area contributed by atoms with Gasteiger partial charge in [-0.2, -0.15) is 0 Å². The Bertz CT molecular complexity index is 828. The number of fused-ring (bicyclic) bond motifs is 2. The lowest BCUT2D eigenvalue weighted by atomic mass is 10.2. The van der Waals surface area contributed by atoms with Gasteiger partial charge in [-0.05, 0) is 62.5 Å². The largest absolute Gasteiger partial charge is 0.444 e. The molecule has 1 aliphatic carbocycles. The smallest absolute Gasteiger partial charge is 0.410 e. The van der Waals surface area contributed by atoms with Crippen LogP contribution in [0, 0.1) is 17.8 Å². The van der Waals surface area contributed by atoms with E-state index in [1.54, 1.807) is 12.4 Å². The highest BCUT2D eigenvalue weighted by Gasteiger charge is 2.56. The Hall–Kier alpha value is -2.15. The summed E-state index contributed by atoms with van der Waals surface area (Å²) in [7, 11) is 0. The number of thiophene rings is 1. The van der Waals surface area contributed by atoms with Crippen molar-refractivity contribution in [3.8, 4) is 0 Å². The van der Waals surface area contributed by atoms with E-state index >= 15 is 0 Å². The summed E-state index contributed by atoms with van der Waals surface area (Å²) in [5, 5.41) is 4.09. The van der Waals surface area contributed by atoms with E-state index in [9.17, 15) is 9.59 Å². The van der Waals surface area contributed by atoms with Crippen LogP contribution >= 0.6 is 11.3 Å². The van der Waals surface area contributed by atoms with Crippen molar-refractivity contribution in [1.29, 1.82) is 0 Å². The number of hydrogen-bond acceptors (Lipinski definition) is 5. The monoisotopic (exact) mass is 387 g/mol. The van der Waals surface area contributed by atoms with Crippen molar-refractivity contribution in [3.05, 3.63) is 29.4 Å². The standard InChI is InChI=1S/C20H25N3O3S/c1-20(2,3)26-19(25)23-10-14-13(15(14)11-23)5-7-22-18(24)16-8-12-4-6-21-9-17(12)27-16/h4,6,8-9,13-15H,5,7,10-11H2,1-3H3,(H,22,24)/t13?,14-,15+. The third kappa shape index (κ3) is 3.93. The van der Waals surface area contributed by atoms with E-state index in [1.165, 1.54) is 11.3 Å². The van der Waals surface area contributed by atoms with Crippen LogP contribution in [-0.2, 0) is 4.74 Å². The summed E-state index contributed by atoms with van der Waals surface area (Å²) in [4.78, 5) is 31.1. The fraction of sp³-hybridized carbons (Fsp3) is 0.550. The van der Waals surface area contributed by atoms with Crippen LogP contribution in [0.1, 0.15) is 36.9 Å². The number of ether oxygens (including phenoxy) is 1. The van der Waals surface area contributed by atoms with Crippen LogP contribution < -0.4 is 5.32 Å². The van der Waals surface area contributed by atoms with Crippen LogP contribution in [0.4, 0.5) is 4.79 Å². The molecule has 0 spiro atoms. The minimum Gasteiger partial charge on any atom is -0.444 e. The first-order chi connectivity index (χ1) is 12.8. The summed E-state index contributed by atoms with van der Waals surface area (Å²) in [5.74, 6) is 1.71. The molecule has 2 aliphatic rings. The van der Waals surface area contributed by atoms with Crippen LogP contribution in [0.3, 0.4) is 0 Å². The van der Waals surface area contributed by atoms with E-state index in [4.69, 9.17) is 4.74 Å². The molecule has 2 fully saturated rings. The van der Waals surface area contributed by atoms with Gasteiger partial charge in [-0.15, -0.1) is 11.3 Å². The lowest BCUT2D eigenvalue weighted by molar-refractivity contribution is 0.0265. The van der Waals surface area contributed by atoms with Crippen molar-refractivity contribution in [2.45, 2.75) is 32.8 Å². The number of nitrogens with zero attached hydrogens (tertiary/aromatic N) is 2. The van der Waals surface area contributed by atoms with E-state index in [1.807, 2.05) is 37.8 Å². The van der Waals surface area contributed by atoms with Gasteiger partial charge in [0, 0.05) is 32.0 Å². The Morgan fingerprint density at radius 2 is 2.07 bits per heavy atom. The highest BCUT2D eigenvalue weighted by molar-refractivity contribution is 7.20. The van der Waals surface area contributed by atoms with Gasteiger partial charge in [-0.1, -0.05) is 0 Å². The Balaban J connectivity index is 1.21. The number of rotatable bonds is 4. The minimum atomic E-state index is -0.448. The minimum absolute atomic E-state index is 0.0163. The maximum Gasteiger partial charge on any atom is 0.410 e. The maximum atomic E-state index is 12.3. The molecule has 2 aromatic rings. The summed E-state index contributed by atoms with van der Waals surface area (Å²) in [6, 6.07) is 3.84. The first kappa shape index (κ1) is 18.2. The predicted octanol–water partition coefficient (Wildman–Crippen LogP) is 3.53. The number of hydrogen-bond donors (Lipinski definition) is 1. The first-order valence-corrected chi connectivity index (χ1v) is 10.2. The zero-order valence-electron chi connectivity index (χ0n) is 15.9. The van der Waals surface area contributed by atoms with Crippen LogP contribution in [0.15, 0.2) is 24.5 Å². The molecule has 0 bridgehead atoms. The number of likely N-dealkylation sites (tertiary alicyclic amines) is 1. The second kappa shape index (κ2) is 6.78. The van der Waals surface area contributed by atoms with Crippen molar-refractivity contribution >= 4 is 33.4 Å². The second-order valence-electron chi connectivity index (χ2n) is 8.45. The maximum absolute atomic E-state index is 12.3. The zero-order chi connectivity index (χ0) is 19.2. The van der Waals surface area contributed by atoms with Gasteiger partial charge in [0.2, 0.25) is 0 Å². The first-order valence-electron chi connectivity index (χ1n) is 9.41. The fourth-order valence-corrected chi connectivity index (χ4v) is 4.94. The molecule has 1 N–H and O–H groups in total. The van der Waals surface area contributed by atoms with E-state index in [0.717, 1.165) is 34.5 Å². The topological polar surface area (TPSA) is 71.5 Å². The number of amides is 2. The summed E-state index contributed by atoms with van der Waals surface area (Å²) in [6.45, 7) is 7.90. The third-order valence-electron chi connectivity index (χ3n) is 5.33. The molecule has 2 aromatic heterocycles. The molecular weight excluding hydrogens is 362 g/mol. The zero-order valence-corrected chi connectivity index (χ0v) is 16.7. The van der Waals surface area contributed by atoms with Gasteiger partial charge < -0.3 is 15.0 Å². The molecule has 7 heteroatoms. The molecule has 6 nitrogen and oxygen atoms in total. The van der Waals surface area contributed by atoms with Gasteiger partial charge in [0.1, 0.15) is 5.60 Å². The number of pyridine rings is 1. The van der Waals surface area contributed by atoms with Crippen molar-refractivity contribution in [1.82, 2.24) is 15.2 Å². The van der Waals surface area contributed by atoms with Gasteiger partial charge in [0.15, 0.2) is 0 Å². The number of carbonyl (C=O) groups is 2. The van der Waals surface area contributed by atoms with E-state index in [-0.39, 0.29) is 12.0 Å². The van der Waals surface area contributed by atoms with E-state index < -0.39 is 5.60 Å². The Morgan fingerprint density at radius 3 is 2.74 bits per heavy atom. The molecule has 3 heterocycles. The van der Waals surface area contributed by atoms with Crippen molar-refractivity contribution in [2.75, 3.05) is 19.6 Å². The summed E-state index contributed by atoms with van der Waals surface area (Å²) in [5.41, 5.74) is -0.448. The Morgan fingerprint density at radius 1 is 1.33 bits per heavy atom. The molecule has 3 atom stereocenters. The highest BCUT2D eigenvalue weighted by atomic mass is 32.1. The van der Waals surface area contributed by atoms with Crippen molar-refractivity contribution in [3.63, 3.8) is 0 Å². The number of nitrogens with one attached hydrogen (secondary N) is 1. The molecule has 0 aromatic carbocycles. The van der Waals surface area contributed by atoms with Crippen LogP contribution in [-0.4, -0.2) is 47.1 Å². The van der Waals surface area contributed by atoms with Gasteiger partial charge in [-0.3, -0.25) is 9.78 Å². The average molecular weight is 388 g/mol. The van der Waals surface area contributed by atoms with Gasteiger partial charge in [-0.25, -0.2) is 4.79 Å². The molecule has 1 saturated heterocycles. The molecule has 144 valence electrons. The van der Waals surface area contributed by atoms with Crippen LogP contribution in [0.2, 0.25) is 0 Å². The predicted molar refractivity (Wildman–Crippen MR) is 105 cm³/mol. The van der Waals surface area contributed by atoms with Gasteiger partial charge in [0.25, 0.3) is 5.91 Å². The second-order valence-corrected chi connectivity index (χ2v) is 9.53. The van der Waals surface area contributed by atoms with Gasteiger partial charge >= 0.3 is 6.09 Å². The molecule has 4 rings (SSSR count).